The highest BCUT2D eigenvalue weighted by Crippen LogP contribution is 2.31. The van der Waals surface area contributed by atoms with Gasteiger partial charge in [0.1, 0.15) is 0 Å². The lowest BCUT2D eigenvalue weighted by Gasteiger charge is -2.19. The molecule has 0 saturated carbocycles. The number of aryl methyl sites for hydroxylation is 1. The number of nitrogens with zero attached hydrogens (tertiary/aromatic N) is 1. The summed E-state index contributed by atoms with van der Waals surface area (Å²) < 4.78 is 26.7. The van der Waals surface area contributed by atoms with E-state index in [1.54, 1.807) is 13.1 Å². The van der Waals surface area contributed by atoms with E-state index in [1.165, 1.54) is 10.4 Å². The fourth-order valence-electron chi connectivity index (χ4n) is 2.69. The molecule has 0 saturated heterocycles. The predicted molar refractivity (Wildman–Crippen MR) is 80.2 cm³/mol. The zero-order valence-corrected chi connectivity index (χ0v) is 13.2. The highest BCUT2D eigenvalue weighted by atomic mass is 32.2. The first-order chi connectivity index (χ1) is 9.87. The fraction of sp³-hybridized carbons (Fsp3) is 0.533. The van der Waals surface area contributed by atoms with E-state index >= 15 is 0 Å². The van der Waals surface area contributed by atoms with Crippen LogP contribution in [0.2, 0.25) is 0 Å². The van der Waals surface area contributed by atoms with Gasteiger partial charge in [0.25, 0.3) is 0 Å². The molecule has 0 heterocycles. The Kier molecular flexibility index (Phi) is 4.68. The second-order valence-electron chi connectivity index (χ2n) is 5.45. The molecule has 5 nitrogen and oxygen atoms in total. The van der Waals surface area contributed by atoms with Crippen LogP contribution in [0.3, 0.4) is 0 Å². The monoisotopic (exact) mass is 311 g/mol. The summed E-state index contributed by atoms with van der Waals surface area (Å²) in [6.07, 6.45) is 4.02. The third-order valence-electron chi connectivity index (χ3n) is 3.94. The summed E-state index contributed by atoms with van der Waals surface area (Å²) in [5, 5.41) is 9.18. The van der Waals surface area contributed by atoms with Crippen molar-refractivity contribution in [3.05, 3.63) is 28.8 Å². The van der Waals surface area contributed by atoms with Crippen molar-refractivity contribution in [2.75, 3.05) is 13.6 Å². The van der Waals surface area contributed by atoms with Gasteiger partial charge in [-0.25, -0.2) is 17.5 Å². The Labute approximate surface area is 125 Å². The van der Waals surface area contributed by atoms with E-state index in [2.05, 4.69) is 0 Å². The van der Waals surface area contributed by atoms with Crippen molar-refractivity contribution in [2.45, 2.75) is 43.9 Å². The summed E-state index contributed by atoms with van der Waals surface area (Å²) in [4.78, 5) is 11.4. The molecule has 1 aliphatic rings. The molecule has 0 amide bonds. The van der Waals surface area contributed by atoms with Crippen LogP contribution in [0.15, 0.2) is 17.0 Å². The zero-order valence-electron chi connectivity index (χ0n) is 12.4. The quantitative estimate of drug-likeness (QED) is 0.874. The highest BCUT2D eigenvalue weighted by Gasteiger charge is 2.28. The van der Waals surface area contributed by atoms with Crippen LogP contribution >= 0.6 is 0 Å². The minimum atomic E-state index is -3.62. The topological polar surface area (TPSA) is 74.7 Å². The van der Waals surface area contributed by atoms with Crippen LogP contribution in [-0.4, -0.2) is 37.4 Å². The number of rotatable bonds is 6. The molecule has 1 aromatic carbocycles. The molecule has 0 unspecified atom stereocenters. The molecule has 2 rings (SSSR count). The van der Waals surface area contributed by atoms with E-state index in [0.717, 1.165) is 36.8 Å². The lowest BCUT2D eigenvalue weighted by Crippen LogP contribution is -2.29. The summed E-state index contributed by atoms with van der Waals surface area (Å²) in [5.41, 5.74) is 1.71. The third kappa shape index (κ3) is 3.11. The lowest BCUT2D eigenvalue weighted by molar-refractivity contribution is 0.0696. The van der Waals surface area contributed by atoms with E-state index in [0.29, 0.717) is 13.0 Å². The van der Waals surface area contributed by atoms with Crippen molar-refractivity contribution < 1.29 is 18.3 Å². The number of benzene rings is 1. The van der Waals surface area contributed by atoms with Gasteiger partial charge in [-0.15, -0.1) is 0 Å². The summed E-state index contributed by atoms with van der Waals surface area (Å²) in [5.74, 6) is -1.09. The largest absolute Gasteiger partial charge is 0.478 e. The number of aromatic carboxylic acids is 1. The van der Waals surface area contributed by atoms with Crippen LogP contribution in [0.4, 0.5) is 0 Å². The molecular weight excluding hydrogens is 290 g/mol. The summed E-state index contributed by atoms with van der Waals surface area (Å²) in [6.45, 7) is 2.45. The molecule has 6 heteroatoms. The maximum Gasteiger partial charge on any atom is 0.335 e. The molecule has 21 heavy (non-hydrogen) atoms. The van der Waals surface area contributed by atoms with E-state index in [4.69, 9.17) is 0 Å². The summed E-state index contributed by atoms with van der Waals surface area (Å²) >= 11 is 0. The number of fused-ring (bicyclic) bond motifs is 1. The van der Waals surface area contributed by atoms with Crippen LogP contribution in [-0.2, 0) is 22.9 Å². The summed E-state index contributed by atoms with van der Waals surface area (Å²) in [6, 6.07) is 2.92. The van der Waals surface area contributed by atoms with Crippen LogP contribution < -0.4 is 0 Å². The molecule has 0 radical (unpaired) electrons. The SMILES string of the molecule is CCCCN(C)S(=O)(=O)c1cc(C(=O)O)cc2c1CCC2. The number of hydrogen-bond acceptors (Lipinski definition) is 3. The first kappa shape index (κ1) is 16.0. The van der Waals surface area contributed by atoms with Crippen LogP contribution in [0, 0.1) is 0 Å². The Morgan fingerprint density at radius 2 is 2.05 bits per heavy atom. The van der Waals surface area contributed by atoms with E-state index in [-0.39, 0.29) is 10.5 Å². The Bertz CT molecular complexity index is 652. The van der Waals surface area contributed by atoms with Gasteiger partial charge >= 0.3 is 5.97 Å². The van der Waals surface area contributed by atoms with Crippen molar-refractivity contribution in [1.82, 2.24) is 4.31 Å². The van der Waals surface area contributed by atoms with Crippen molar-refractivity contribution in [3.8, 4) is 0 Å². The van der Waals surface area contributed by atoms with Crippen molar-refractivity contribution in [2.24, 2.45) is 0 Å². The molecule has 0 aromatic heterocycles. The van der Waals surface area contributed by atoms with Gasteiger partial charge in [-0.05, 0) is 48.9 Å². The molecule has 0 fully saturated rings. The molecule has 0 bridgehead atoms. The molecule has 0 atom stereocenters. The fourth-order valence-corrected chi connectivity index (χ4v) is 4.21. The maximum absolute atomic E-state index is 12.7. The van der Waals surface area contributed by atoms with Crippen molar-refractivity contribution in [1.29, 1.82) is 0 Å². The van der Waals surface area contributed by atoms with Gasteiger partial charge in [-0.1, -0.05) is 13.3 Å². The van der Waals surface area contributed by atoms with E-state index in [9.17, 15) is 18.3 Å². The van der Waals surface area contributed by atoms with Gasteiger partial charge in [0.15, 0.2) is 0 Å². The standard InChI is InChI=1S/C15H21NO4S/c1-3-4-8-16(2)21(19,20)14-10-12(15(17)18)9-11-6-5-7-13(11)14/h9-10H,3-8H2,1-2H3,(H,17,18). The zero-order chi connectivity index (χ0) is 15.6. The first-order valence-corrected chi connectivity index (χ1v) is 8.67. The Balaban J connectivity index is 2.49. The van der Waals surface area contributed by atoms with Gasteiger partial charge in [-0.3, -0.25) is 0 Å². The first-order valence-electron chi connectivity index (χ1n) is 7.23. The molecular formula is C15H21NO4S. The number of carboxylic acid groups (broad SMARTS) is 1. The number of carboxylic acids is 1. The number of unbranched alkanes of at least 4 members (excludes halogenated alkanes) is 1. The number of hydrogen-bond donors (Lipinski definition) is 1. The number of sulfonamides is 1. The van der Waals surface area contributed by atoms with Gasteiger partial charge in [0.05, 0.1) is 10.5 Å². The minimum absolute atomic E-state index is 0.0538. The minimum Gasteiger partial charge on any atom is -0.478 e. The van der Waals surface area contributed by atoms with Crippen LogP contribution in [0.1, 0.15) is 47.7 Å². The van der Waals surface area contributed by atoms with Gasteiger partial charge in [0, 0.05) is 13.6 Å². The number of carbonyl (C=O) groups is 1. The highest BCUT2D eigenvalue weighted by molar-refractivity contribution is 7.89. The predicted octanol–water partition coefficient (Wildman–Crippen LogP) is 2.29. The summed E-state index contributed by atoms with van der Waals surface area (Å²) in [7, 11) is -2.07. The average Bonchev–Trinajstić information content (AvgIpc) is 2.91. The molecule has 1 aliphatic carbocycles. The maximum atomic E-state index is 12.7. The van der Waals surface area contributed by atoms with Gasteiger partial charge in [-0.2, -0.15) is 0 Å². The molecule has 0 spiro atoms. The molecule has 116 valence electrons. The van der Waals surface area contributed by atoms with E-state index < -0.39 is 16.0 Å². The Hall–Kier alpha value is -1.40. The second kappa shape index (κ2) is 6.15. The van der Waals surface area contributed by atoms with Crippen molar-refractivity contribution >= 4 is 16.0 Å². The average molecular weight is 311 g/mol. The lowest BCUT2D eigenvalue weighted by atomic mass is 10.1. The Morgan fingerprint density at radius 1 is 1.33 bits per heavy atom. The van der Waals surface area contributed by atoms with Gasteiger partial charge in [0.2, 0.25) is 10.0 Å². The molecule has 1 N–H and O–H groups in total. The van der Waals surface area contributed by atoms with E-state index in [1.807, 2.05) is 6.92 Å². The Morgan fingerprint density at radius 3 is 2.67 bits per heavy atom. The normalized spacial score (nSPS) is 14.4. The second-order valence-corrected chi connectivity index (χ2v) is 7.46. The van der Waals surface area contributed by atoms with Crippen molar-refractivity contribution in [3.63, 3.8) is 0 Å². The molecule has 0 aliphatic heterocycles. The van der Waals surface area contributed by atoms with Gasteiger partial charge < -0.3 is 5.11 Å². The van der Waals surface area contributed by atoms with Crippen LogP contribution in [0.5, 0.6) is 0 Å². The smallest absolute Gasteiger partial charge is 0.335 e. The third-order valence-corrected chi connectivity index (χ3v) is 5.86. The molecule has 1 aromatic rings. The van der Waals surface area contributed by atoms with Crippen LogP contribution in [0.25, 0.3) is 0 Å².